The molecule has 0 amide bonds. The third-order valence-electron chi connectivity index (χ3n) is 5.35. The standard InChI is InChI=1S/C27H21Cl2N3OS/c28-23-16-19(25(33)24(29)17-23)18-30-32-26(34)31-27(20-10-4-1-5-11-20,21-12-6-2-7-13-21)22-14-8-3-9-15-22/h1-18,33H,(H2,31,32,34)/b30-18+. The Morgan fingerprint density at radius 2 is 1.26 bits per heavy atom. The van der Waals surface area contributed by atoms with Crippen LogP contribution in [0.3, 0.4) is 0 Å². The lowest BCUT2D eigenvalue weighted by atomic mass is 9.77. The van der Waals surface area contributed by atoms with Gasteiger partial charge in [-0.15, -0.1) is 0 Å². The normalized spacial score (nSPS) is 11.4. The molecule has 4 nitrogen and oxygen atoms in total. The van der Waals surface area contributed by atoms with Crippen molar-refractivity contribution in [1.29, 1.82) is 0 Å². The molecule has 4 aromatic carbocycles. The molecular weight excluding hydrogens is 485 g/mol. The Morgan fingerprint density at radius 3 is 1.74 bits per heavy atom. The molecule has 0 atom stereocenters. The van der Waals surface area contributed by atoms with Crippen LogP contribution in [0.2, 0.25) is 10.0 Å². The minimum Gasteiger partial charge on any atom is -0.506 e. The van der Waals surface area contributed by atoms with Crippen molar-refractivity contribution >= 4 is 46.7 Å². The summed E-state index contributed by atoms with van der Waals surface area (Å²) in [6.07, 6.45) is 1.41. The van der Waals surface area contributed by atoms with Crippen molar-refractivity contribution in [2.75, 3.05) is 0 Å². The van der Waals surface area contributed by atoms with Crippen molar-refractivity contribution in [3.8, 4) is 5.75 Å². The van der Waals surface area contributed by atoms with Crippen LogP contribution in [0.5, 0.6) is 5.75 Å². The van der Waals surface area contributed by atoms with Gasteiger partial charge in [-0.2, -0.15) is 5.10 Å². The third-order valence-corrected chi connectivity index (χ3v) is 6.05. The van der Waals surface area contributed by atoms with E-state index in [-0.39, 0.29) is 10.8 Å². The highest BCUT2D eigenvalue weighted by Crippen LogP contribution is 2.36. The summed E-state index contributed by atoms with van der Waals surface area (Å²) in [5.74, 6) is -0.109. The summed E-state index contributed by atoms with van der Waals surface area (Å²) in [5, 5.41) is 18.7. The maximum absolute atomic E-state index is 10.2. The van der Waals surface area contributed by atoms with E-state index in [1.807, 2.05) is 54.6 Å². The first-order valence-corrected chi connectivity index (χ1v) is 11.6. The van der Waals surface area contributed by atoms with Crippen molar-refractivity contribution in [2.45, 2.75) is 5.54 Å². The number of phenolic OH excluding ortho intramolecular Hbond substituents is 1. The molecule has 34 heavy (non-hydrogen) atoms. The topological polar surface area (TPSA) is 56.7 Å². The Labute approximate surface area is 213 Å². The van der Waals surface area contributed by atoms with Gasteiger partial charge in [-0.05, 0) is 41.0 Å². The SMILES string of the molecule is Oc1c(Cl)cc(Cl)cc1/C=N/NC(=S)NC(c1ccccc1)(c1ccccc1)c1ccccc1. The molecule has 0 radical (unpaired) electrons. The van der Waals surface area contributed by atoms with Gasteiger partial charge in [0.1, 0.15) is 11.3 Å². The first-order chi connectivity index (χ1) is 16.5. The first kappa shape index (κ1) is 23.8. The number of phenols is 1. The molecule has 0 saturated carbocycles. The largest absolute Gasteiger partial charge is 0.506 e. The molecule has 0 aliphatic rings. The van der Waals surface area contributed by atoms with E-state index in [4.69, 9.17) is 35.4 Å². The molecule has 4 aromatic rings. The van der Waals surface area contributed by atoms with Crippen LogP contribution in [0, 0.1) is 0 Å². The van der Waals surface area contributed by atoms with E-state index in [0.717, 1.165) is 16.7 Å². The van der Waals surface area contributed by atoms with Crippen LogP contribution in [0.1, 0.15) is 22.3 Å². The van der Waals surface area contributed by atoms with Gasteiger partial charge in [0, 0.05) is 10.6 Å². The summed E-state index contributed by atoms with van der Waals surface area (Å²) in [6, 6.07) is 33.3. The summed E-state index contributed by atoms with van der Waals surface area (Å²) in [4.78, 5) is 0. The number of rotatable bonds is 6. The molecule has 0 fully saturated rings. The van der Waals surface area contributed by atoms with E-state index in [9.17, 15) is 5.11 Å². The maximum atomic E-state index is 10.2. The van der Waals surface area contributed by atoms with Crippen LogP contribution in [-0.4, -0.2) is 16.4 Å². The molecule has 0 saturated heterocycles. The smallest absolute Gasteiger partial charge is 0.188 e. The second-order valence-corrected chi connectivity index (χ2v) is 8.75. The molecule has 4 rings (SSSR count). The van der Waals surface area contributed by atoms with Gasteiger partial charge in [0.25, 0.3) is 0 Å². The Hall–Kier alpha value is -3.38. The van der Waals surface area contributed by atoms with E-state index >= 15 is 0 Å². The van der Waals surface area contributed by atoms with E-state index < -0.39 is 5.54 Å². The quantitative estimate of drug-likeness (QED) is 0.121. The van der Waals surface area contributed by atoms with Crippen molar-refractivity contribution in [1.82, 2.24) is 10.7 Å². The summed E-state index contributed by atoms with van der Waals surface area (Å²) in [7, 11) is 0. The molecule has 0 bridgehead atoms. The summed E-state index contributed by atoms with van der Waals surface area (Å²) in [5.41, 5.74) is 5.49. The Balaban J connectivity index is 1.71. The zero-order valence-electron chi connectivity index (χ0n) is 18.0. The zero-order chi connectivity index (χ0) is 24.0. The van der Waals surface area contributed by atoms with E-state index in [1.165, 1.54) is 12.3 Å². The van der Waals surface area contributed by atoms with Crippen LogP contribution in [0.15, 0.2) is 108 Å². The second kappa shape index (κ2) is 10.7. The Bertz CT molecular complexity index is 1200. The second-order valence-electron chi connectivity index (χ2n) is 7.50. The molecule has 0 aromatic heterocycles. The monoisotopic (exact) mass is 505 g/mol. The van der Waals surface area contributed by atoms with Gasteiger partial charge in [0.05, 0.1) is 11.2 Å². The van der Waals surface area contributed by atoms with Gasteiger partial charge in [-0.1, -0.05) is 114 Å². The minimum atomic E-state index is -0.773. The van der Waals surface area contributed by atoms with Crippen molar-refractivity contribution in [3.05, 3.63) is 135 Å². The van der Waals surface area contributed by atoms with Crippen LogP contribution in [-0.2, 0) is 5.54 Å². The molecule has 7 heteroatoms. The zero-order valence-corrected chi connectivity index (χ0v) is 20.3. The van der Waals surface area contributed by atoms with Gasteiger partial charge in [0.2, 0.25) is 0 Å². The van der Waals surface area contributed by atoms with Crippen molar-refractivity contribution in [3.63, 3.8) is 0 Å². The fourth-order valence-electron chi connectivity index (χ4n) is 3.82. The number of nitrogens with zero attached hydrogens (tertiary/aromatic N) is 1. The average molecular weight is 506 g/mol. The van der Waals surface area contributed by atoms with Gasteiger partial charge in [-0.3, -0.25) is 5.43 Å². The third kappa shape index (κ3) is 5.07. The number of halogens is 2. The van der Waals surface area contributed by atoms with Gasteiger partial charge < -0.3 is 10.4 Å². The summed E-state index contributed by atoms with van der Waals surface area (Å²) >= 11 is 17.7. The molecule has 0 unspecified atom stereocenters. The van der Waals surface area contributed by atoms with E-state index in [0.29, 0.717) is 15.7 Å². The fraction of sp³-hybridized carbons (Fsp3) is 0.0370. The predicted molar refractivity (Wildman–Crippen MR) is 144 cm³/mol. The predicted octanol–water partition coefficient (Wildman–Crippen LogP) is 6.49. The number of thiocarbonyl (C=S) groups is 1. The van der Waals surface area contributed by atoms with Gasteiger partial charge >= 0.3 is 0 Å². The van der Waals surface area contributed by atoms with E-state index in [2.05, 4.69) is 52.2 Å². The van der Waals surface area contributed by atoms with Gasteiger partial charge in [0.15, 0.2) is 5.11 Å². The van der Waals surface area contributed by atoms with Crippen LogP contribution in [0.4, 0.5) is 0 Å². The number of hydrazone groups is 1. The molecule has 170 valence electrons. The van der Waals surface area contributed by atoms with Crippen LogP contribution in [0.25, 0.3) is 0 Å². The average Bonchev–Trinajstić information content (AvgIpc) is 2.87. The van der Waals surface area contributed by atoms with Crippen LogP contribution >= 0.6 is 35.4 Å². The highest BCUT2D eigenvalue weighted by atomic mass is 35.5. The highest BCUT2D eigenvalue weighted by Gasteiger charge is 2.37. The number of benzene rings is 4. The fourth-order valence-corrected chi connectivity index (χ4v) is 4.54. The number of nitrogens with one attached hydrogen (secondary N) is 2. The van der Waals surface area contributed by atoms with Crippen molar-refractivity contribution < 1.29 is 5.11 Å². The minimum absolute atomic E-state index is 0.109. The lowest BCUT2D eigenvalue weighted by Gasteiger charge is -2.37. The number of hydrogen-bond donors (Lipinski definition) is 3. The molecule has 3 N–H and O–H groups in total. The summed E-state index contributed by atoms with van der Waals surface area (Å²) in [6.45, 7) is 0. The molecule has 0 aliphatic heterocycles. The maximum Gasteiger partial charge on any atom is 0.188 e. The molecular formula is C27H21Cl2N3OS. The van der Waals surface area contributed by atoms with E-state index in [1.54, 1.807) is 6.07 Å². The number of aromatic hydroxyl groups is 1. The molecule has 0 aliphatic carbocycles. The van der Waals surface area contributed by atoms with Crippen LogP contribution < -0.4 is 10.7 Å². The molecule has 0 spiro atoms. The van der Waals surface area contributed by atoms with Gasteiger partial charge in [-0.25, -0.2) is 0 Å². The van der Waals surface area contributed by atoms with Crippen molar-refractivity contribution in [2.24, 2.45) is 5.10 Å². The Morgan fingerprint density at radius 1 is 0.794 bits per heavy atom. The lowest BCUT2D eigenvalue weighted by molar-refractivity contribution is 0.474. The lowest BCUT2D eigenvalue weighted by Crippen LogP contribution is -2.50. The highest BCUT2D eigenvalue weighted by molar-refractivity contribution is 7.80. The molecule has 0 heterocycles. The Kier molecular flexibility index (Phi) is 7.48. The summed E-state index contributed by atoms with van der Waals surface area (Å²) < 4.78 is 0. The first-order valence-electron chi connectivity index (χ1n) is 10.5. The number of hydrogen-bond acceptors (Lipinski definition) is 3.